The summed E-state index contributed by atoms with van der Waals surface area (Å²) in [6.45, 7) is 0. The van der Waals surface area contributed by atoms with E-state index in [0.29, 0.717) is 35.6 Å². The Bertz CT molecular complexity index is 1600. The second-order valence-electron chi connectivity index (χ2n) is 9.19. The fraction of sp³-hybridized carbons (Fsp3) is 0.185. The smallest absolute Gasteiger partial charge is 0.288 e. The molecule has 1 saturated heterocycles. The second-order valence-corrected chi connectivity index (χ2v) is 9.60. The first-order valence-corrected chi connectivity index (χ1v) is 12.3. The van der Waals surface area contributed by atoms with Crippen LogP contribution in [-0.2, 0) is 9.59 Å². The van der Waals surface area contributed by atoms with Crippen LogP contribution < -0.4 is 4.90 Å². The monoisotopic (exact) mass is 530 g/mol. The number of amides is 3. The number of rotatable bonds is 6. The van der Waals surface area contributed by atoms with Gasteiger partial charge in [0.15, 0.2) is 5.58 Å². The van der Waals surface area contributed by atoms with E-state index in [1.54, 1.807) is 24.3 Å². The van der Waals surface area contributed by atoms with Crippen molar-refractivity contribution in [3.8, 4) is 11.5 Å². The number of nitro benzene ring substituents is 1. The molecule has 190 valence electrons. The number of benzene rings is 3. The van der Waals surface area contributed by atoms with Crippen LogP contribution in [-0.4, -0.2) is 44.6 Å². The maximum absolute atomic E-state index is 13.5. The van der Waals surface area contributed by atoms with E-state index in [4.69, 9.17) is 16.0 Å². The number of aromatic nitrogens is 1. The number of carbonyl (C=O) groups is 3. The molecule has 11 heteroatoms. The fourth-order valence-corrected chi connectivity index (χ4v) is 4.89. The van der Waals surface area contributed by atoms with Crippen LogP contribution in [0.5, 0.6) is 0 Å². The molecule has 10 nitrogen and oxygen atoms in total. The molecule has 0 N–H and O–H groups in total. The van der Waals surface area contributed by atoms with Gasteiger partial charge < -0.3 is 9.32 Å². The highest BCUT2D eigenvalue weighted by molar-refractivity contribution is 6.32. The van der Waals surface area contributed by atoms with Gasteiger partial charge in [0.25, 0.3) is 17.5 Å². The van der Waals surface area contributed by atoms with Crippen LogP contribution in [0.25, 0.3) is 22.6 Å². The normalized spacial score (nSPS) is 17.3. The number of para-hydroxylation sites is 2. The van der Waals surface area contributed by atoms with Gasteiger partial charge in [0, 0.05) is 23.2 Å². The zero-order chi connectivity index (χ0) is 26.6. The van der Waals surface area contributed by atoms with Gasteiger partial charge in [-0.15, -0.1) is 0 Å². The van der Waals surface area contributed by atoms with Gasteiger partial charge in [0.1, 0.15) is 16.6 Å². The SMILES string of the molecule is O=C1CC(N(C(=O)c2ccc(Cl)c([N+](=O)[O-])c2)C2CC2)C(=O)N1c1ccc(-c2nc3ccccc3o2)cc1. The highest BCUT2D eigenvalue weighted by Gasteiger charge is 2.49. The van der Waals surface area contributed by atoms with Crippen LogP contribution in [0.2, 0.25) is 5.02 Å². The van der Waals surface area contributed by atoms with E-state index in [2.05, 4.69) is 4.98 Å². The fourth-order valence-electron chi connectivity index (χ4n) is 4.70. The summed E-state index contributed by atoms with van der Waals surface area (Å²) in [4.78, 5) is 57.5. The Kier molecular flexibility index (Phi) is 5.68. The Labute approximate surface area is 220 Å². The average Bonchev–Trinajstić information content (AvgIpc) is 3.57. The number of imide groups is 1. The average molecular weight is 531 g/mol. The van der Waals surface area contributed by atoms with Crippen LogP contribution in [0, 0.1) is 10.1 Å². The molecule has 38 heavy (non-hydrogen) atoms. The highest BCUT2D eigenvalue weighted by atomic mass is 35.5. The van der Waals surface area contributed by atoms with Crippen LogP contribution in [0.15, 0.2) is 71.1 Å². The van der Waals surface area contributed by atoms with Crippen molar-refractivity contribution < 1.29 is 23.7 Å². The minimum atomic E-state index is -1.01. The molecule has 1 saturated carbocycles. The molecule has 0 bridgehead atoms. The third-order valence-corrected chi connectivity index (χ3v) is 7.01. The molecule has 2 fully saturated rings. The van der Waals surface area contributed by atoms with Crippen molar-refractivity contribution in [2.24, 2.45) is 0 Å². The second kappa shape index (κ2) is 9.07. The van der Waals surface area contributed by atoms with Gasteiger partial charge in [0.2, 0.25) is 11.8 Å². The maximum atomic E-state index is 13.5. The largest absolute Gasteiger partial charge is 0.436 e. The number of anilines is 1. The molecule has 0 radical (unpaired) electrons. The van der Waals surface area contributed by atoms with E-state index in [0.717, 1.165) is 16.5 Å². The molecule has 1 atom stereocenters. The summed E-state index contributed by atoms with van der Waals surface area (Å²) in [5.41, 5.74) is 2.05. The maximum Gasteiger partial charge on any atom is 0.288 e. The summed E-state index contributed by atoms with van der Waals surface area (Å²) in [6, 6.07) is 16.6. The van der Waals surface area contributed by atoms with Crippen molar-refractivity contribution in [2.45, 2.75) is 31.3 Å². The van der Waals surface area contributed by atoms with Gasteiger partial charge >= 0.3 is 0 Å². The first-order valence-electron chi connectivity index (χ1n) is 11.9. The molecule has 1 unspecified atom stereocenters. The Balaban J connectivity index is 1.26. The summed E-state index contributed by atoms with van der Waals surface area (Å²) in [5, 5.41) is 11.2. The topological polar surface area (TPSA) is 127 Å². The van der Waals surface area contributed by atoms with Crippen molar-refractivity contribution in [3.63, 3.8) is 0 Å². The quantitative estimate of drug-likeness (QED) is 0.195. The van der Waals surface area contributed by atoms with Gasteiger partial charge in [-0.1, -0.05) is 23.7 Å². The Morgan fingerprint density at radius 1 is 1.08 bits per heavy atom. The summed E-state index contributed by atoms with van der Waals surface area (Å²) in [7, 11) is 0. The minimum absolute atomic E-state index is 0.0365. The Morgan fingerprint density at radius 2 is 1.82 bits per heavy atom. The van der Waals surface area contributed by atoms with Crippen LogP contribution >= 0.6 is 11.6 Å². The van der Waals surface area contributed by atoms with Crippen LogP contribution in [0.3, 0.4) is 0 Å². The number of nitrogens with zero attached hydrogens (tertiary/aromatic N) is 4. The Morgan fingerprint density at radius 3 is 2.50 bits per heavy atom. The molecular formula is C27H19ClN4O6. The predicted octanol–water partition coefficient (Wildman–Crippen LogP) is 4.99. The van der Waals surface area contributed by atoms with Gasteiger partial charge in [0.05, 0.1) is 17.0 Å². The molecule has 6 rings (SSSR count). The number of nitro groups is 1. The van der Waals surface area contributed by atoms with Crippen LogP contribution in [0.4, 0.5) is 11.4 Å². The van der Waals surface area contributed by atoms with E-state index < -0.39 is 34.4 Å². The Hall–Kier alpha value is -4.57. The van der Waals surface area contributed by atoms with Crippen molar-refractivity contribution in [1.82, 2.24) is 9.88 Å². The molecule has 3 aromatic carbocycles. The zero-order valence-corrected chi connectivity index (χ0v) is 20.5. The van der Waals surface area contributed by atoms with E-state index in [-0.39, 0.29) is 23.0 Å². The summed E-state index contributed by atoms with van der Waals surface area (Å²) >= 11 is 5.90. The molecule has 1 aromatic heterocycles. The van der Waals surface area contributed by atoms with Crippen molar-refractivity contribution in [3.05, 3.63) is 87.4 Å². The number of halogens is 1. The van der Waals surface area contributed by atoms with Gasteiger partial charge in [-0.05, 0) is 61.4 Å². The molecule has 4 aromatic rings. The lowest BCUT2D eigenvalue weighted by Crippen LogP contribution is -2.46. The first-order chi connectivity index (χ1) is 18.3. The molecule has 2 aliphatic rings. The molecule has 1 aliphatic carbocycles. The number of hydrogen-bond acceptors (Lipinski definition) is 7. The van der Waals surface area contributed by atoms with E-state index >= 15 is 0 Å². The van der Waals surface area contributed by atoms with E-state index in [1.807, 2.05) is 24.3 Å². The van der Waals surface area contributed by atoms with Gasteiger partial charge in [-0.2, -0.15) is 0 Å². The minimum Gasteiger partial charge on any atom is -0.436 e. The lowest BCUT2D eigenvalue weighted by Gasteiger charge is -2.27. The van der Waals surface area contributed by atoms with Gasteiger partial charge in [-0.25, -0.2) is 9.88 Å². The third-order valence-electron chi connectivity index (χ3n) is 6.69. The standard InChI is InChI=1S/C27H19ClN4O6/c28-19-12-7-16(13-21(19)32(36)37)26(34)30(17-10-11-17)22-14-24(33)31(27(22)35)18-8-5-15(6-9-18)25-29-20-3-1-2-4-23(20)38-25/h1-9,12-13,17,22H,10-11,14H2. The first kappa shape index (κ1) is 23.8. The number of fused-ring (bicyclic) bond motifs is 1. The molecular weight excluding hydrogens is 512 g/mol. The molecule has 2 heterocycles. The predicted molar refractivity (Wildman–Crippen MR) is 138 cm³/mol. The van der Waals surface area contributed by atoms with Crippen molar-refractivity contribution in [2.75, 3.05) is 4.90 Å². The molecule has 0 spiro atoms. The summed E-state index contributed by atoms with van der Waals surface area (Å²) in [6.07, 6.45) is 1.18. The number of hydrogen-bond donors (Lipinski definition) is 0. The lowest BCUT2D eigenvalue weighted by molar-refractivity contribution is -0.384. The van der Waals surface area contributed by atoms with E-state index in [1.165, 1.54) is 17.0 Å². The highest BCUT2D eigenvalue weighted by Crippen LogP contribution is 2.36. The summed E-state index contributed by atoms with van der Waals surface area (Å²) in [5.74, 6) is -1.09. The third kappa shape index (κ3) is 4.08. The molecule has 3 amide bonds. The van der Waals surface area contributed by atoms with E-state index in [9.17, 15) is 24.5 Å². The zero-order valence-electron chi connectivity index (χ0n) is 19.7. The lowest BCUT2D eigenvalue weighted by atomic mass is 10.1. The number of oxazole rings is 1. The number of carbonyl (C=O) groups excluding carboxylic acids is 3. The molecule has 1 aliphatic heterocycles. The van der Waals surface area contributed by atoms with Crippen LogP contribution in [0.1, 0.15) is 29.6 Å². The van der Waals surface area contributed by atoms with Gasteiger partial charge in [-0.3, -0.25) is 24.5 Å². The van der Waals surface area contributed by atoms with Crippen molar-refractivity contribution >= 4 is 51.8 Å². The van der Waals surface area contributed by atoms with Crippen molar-refractivity contribution in [1.29, 1.82) is 0 Å². The summed E-state index contributed by atoms with van der Waals surface area (Å²) < 4.78 is 5.79.